The van der Waals surface area contributed by atoms with Gasteiger partial charge in [0.1, 0.15) is 0 Å². The average molecular weight is 135 g/mol. The smallest absolute Gasteiger partial charge is 0.429 e. The van der Waals surface area contributed by atoms with Gasteiger partial charge in [-0.15, -0.1) is 0 Å². The van der Waals surface area contributed by atoms with E-state index >= 15 is 0 Å². The van der Waals surface area contributed by atoms with E-state index in [1.165, 1.54) is 18.2 Å². The lowest BCUT2D eigenvalue weighted by molar-refractivity contribution is 0.360. The molecule has 0 aromatic rings. The van der Waals surface area contributed by atoms with Crippen LogP contribution < -0.4 is 0 Å². The molecule has 2 rings (SSSR count). The summed E-state index contributed by atoms with van der Waals surface area (Å²) in [4.78, 5) is 0. The van der Waals surface area contributed by atoms with Crippen LogP contribution >= 0.6 is 0 Å². The van der Waals surface area contributed by atoms with E-state index in [-0.39, 0.29) is 0 Å². The molecule has 2 nitrogen and oxygen atoms in total. The highest BCUT2D eigenvalue weighted by Crippen LogP contribution is 2.29. The summed E-state index contributed by atoms with van der Waals surface area (Å²) in [6, 6.07) is 8.48. The molecular formula is C7H8BO2. The van der Waals surface area contributed by atoms with Crippen LogP contribution in [0.4, 0.5) is 0 Å². The Morgan fingerprint density at radius 3 is 1.50 bits per heavy atom. The van der Waals surface area contributed by atoms with Gasteiger partial charge < -0.3 is 9.68 Å². The monoisotopic (exact) mass is 135 g/mol. The molecule has 0 fully saturated rings. The maximum Gasteiger partial charge on any atom is 0.484 e. The van der Waals surface area contributed by atoms with E-state index in [0.717, 1.165) is 0 Å². The maximum atomic E-state index is 7.53. The standard InChI is InChI=1S/C6H4.CH4BO2/c1-2-6-4-3-5(1)6;1-4-2-3/h1-4H;3H,1H3. The van der Waals surface area contributed by atoms with Gasteiger partial charge in [0.05, 0.1) is 0 Å². The van der Waals surface area contributed by atoms with E-state index in [1.807, 2.05) is 0 Å². The third-order valence-corrected chi connectivity index (χ3v) is 1.32. The molecule has 2 aliphatic rings. The van der Waals surface area contributed by atoms with Crippen molar-refractivity contribution in [2.45, 2.75) is 0 Å². The van der Waals surface area contributed by atoms with Crippen molar-refractivity contribution in [3.05, 3.63) is 24.3 Å². The topological polar surface area (TPSA) is 29.5 Å². The molecule has 0 aliphatic heterocycles. The minimum Gasteiger partial charge on any atom is -0.429 e. The second-order valence-electron chi connectivity index (χ2n) is 1.92. The normalized spacial score (nSPS) is 9.40. The van der Waals surface area contributed by atoms with Gasteiger partial charge in [-0.25, -0.2) is 0 Å². The lowest BCUT2D eigenvalue weighted by atomic mass is 9.95. The second kappa shape index (κ2) is 3.39. The first-order valence-electron chi connectivity index (χ1n) is 2.97. The molecule has 1 N–H and O–H groups in total. The molecule has 0 saturated heterocycles. The van der Waals surface area contributed by atoms with Gasteiger partial charge in [-0.1, -0.05) is 24.3 Å². The van der Waals surface area contributed by atoms with Crippen LogP contribution in [-0.4, -0.2) is 19.8 Å². The zero-order chi connectivity index (χ0) is 7.40. The molecule has 0 heterocycles. The first kappa shape index (κ1) is 7.31. The van der Waals surface area contributed by atoms with Crippen molar-refractivity contribution in [1.82, 2.24) is 0 Å². The highest BCUT2D eigenvalue weighted by Gasteiger charge is 2.03. The Morgan fingerprint density at radius 1 is 1.20 bits per heavy atom. The average Bonchev–Trinajstić information content (AvgIpc) is 1.97. The summed E-state index contributed by atoms with van der Waals surface area (Å²) < 4.78 is 3.97. The molecule has 2 aliphatic carbocycles. The Bertz CT molecular complexity index is 172. The zero-order valence-electron chi connectivity index (χ0n) is 5.74. The van der Waals surface area contributed by atoms with Crippen LogP contribution in [0.25, 0.3) is 11.1 Å². The van der Waals surface area contributed by atoms with Crippen molar-refractivity contribution in [2.24, 2.45) is 0 Å². The van der Waals surface area contributed by atoms with E-state index < -0.39 is 0 Å². The molecule has 0 bridgehead atoms. The minimum absolute atomic E-state index is 0.625. The fourth-order valence-electron chi connectivity index (χ4n) is 0.663. The van der Waals surface area contributed by atoms with E-state index in [0.29, 0.717) is 7.69 Å². The fourth-order valence-corrected chi connectivity index (χ4v) is 0.663. The van der Waals surface area contributed by atoms with Crippen LogP contribution in [0, 0.1) is 0 Å². The van der Waals surface area contributed by atoms with Crippen LogP contribution in [0.15, 0.2) is 24.3 Å². The summed E-state index contributed by atoms with van der Waals surface area (Å²) in [5, 5.41) is 7.53. The molecule has 0 unspecified atom stereocenters. The molecule has 1 radical (unpaired) electrons. The third kappa shape index (κ3) is 1.37. The molecular weight excluding hydrogens is 127 g/mol. The highest BCUT2D eigenvalue weighted by atomic mass is 16.5. The Balaban J connectivity index is 0.000000112. The maximum absolute atomic E-state index is 7.53. The largest absolute Gasteiger partial charge is 0.484 e. The van der Waals surface area contributed by atoms with Gasteiger partial charge >= 0.3 is 7.69 Å². The Kier molecular flexibility index (Phi) is 2.48. The van der Waals surface area contributed by atoms with Crippen LogP contribution in [-0.2, 0) is 4.65 Å². The number of hydrogen-bond donors (Lipinski definition) is 1. The predicted molar refractivity (Wildman–Crippen MR) is 40.4 cm³/mol. The Hall–Kier alpha value is -0.795. The van der Waals surface area contributed by atoms with E-state index in [1.54, 1.807) is 0 Å². The van der Waals surface area contributed by atoms with Gasteiger partial charge in [-0.2, -0.15) is 0 Å². The predicted octanol–water partition coefficient (Wildman–Crippen LogP) is 0.826. The van der Waals surface area contributed by atoms with Gasteiger partial charge in [-0.3, -0.25) is 0 Å². The fraction of sp³-hybridized carbons (Fsp3) is 0.143. The molecule has 0 amide bonds. The summed E-state index contributed by atoms with van der Waals surface area (Å²) in [6.07, 6.45) is 0. The molecule has 0 aromatic heterocycles. The summed E-state index contributed by atoms with van der Waals surface area (Å²) in [5.41, 5.74) is 2.85. The van der Waals surface area contributed by atoms with Crippen molar-refractivity contribution < 1.29 is 9.68 Å². The molecule has 0 atom stereocenters. The highest BCUT2D eigenvalue weighted by molar-refractivity contribution is 6.15. The lowest BCUT2D eigenvalue weighted by Crippen LogP contribution is -1.86. The van der Waals surface area contributed by atoms with Gasteiger partial charge in [0.25, 0.3) is 0 Å². The summed E-state index contributed by atoms with van der Waals surface area (Å²) in [7, 11) is 2.00. The quantitative estimate of drug-likeness (QED) is 0.586. The van der Waals surface area contributed by atoms with Crippen LogP contribution in [0.1, 0.15) is 0 Å². The van der Waals surface area contributed by atoms with E-state index in [2.05, 4.69) is 28.9 Å². The van der Waals surface area contributed by atoms with Crippen LogP contribution in [0.2, 0.25) is 0 Å². The van der Waals surface area contributed by atoms with E-state index in [4.69, 9.17) is 5.02 Å². The van der Waals surface area contributed by atoms with Crippen molar-refractivity contribution in [3.63, 3.8) is 0 Å². The van der Waals surface area contributed by atoms with Gasteiger partial charge in [0.15, 0.2) is 0 Å². The number of rotatable bonds is 1. The van der Waals surface area contributed by atoms with E-state index in [9.17, 15) is 0 Å². The Morgan fingerprint density at radius 2 is 1.50 bits per heavy atom. The number of fused-ring (bicyclic) bond motifs is 1. The molecule has 3 heteroatoms. The minimum atomic E-state index is 0.625. The first-order chi connectivity index (χ1) is 4.88. The van der Waals surface area contributed by atoms with Gasteiger partial charge in [-0.05, 0) is 11.1 Å². The molecule has 0 aromatic carbocycles. The summed E-state index contributed by atoms with van der Waals surface area (Å²) >= 11 is 0. The van der Waals surface area contributed by atoms with Gasteiger partial charge in [0, 0.05) is 7.11 Å². The third-order valence-electron chi connectivity index (χ3n) is 1.32. The second-order valence-corrected chi connectivity index (χ2v) is 1.92. The SMILES string of the molecule is CO[B]O.c1cc2ccc1-2. The van der Waals surface area contributed by atoms with Gasteiger partial charge in [0.2, 0.25) is 0 Å². The van der Waals surface area contributed by atoms with Crippen molar-refractivity contribution in [1.29, 1.82) is 0 Å². The molecule has 51 valence electrons. The van der Waals surface area contributed by atoms with Crippen molar-refractivity contribution >= 4 is 7.69 Å². The lowest BCUT2D eigenvalue weighted by Gasteiger charge is -2.10. The van der Waals surface area contributed by atoms with Crippen LogP contribution in [0.3, 0.4) is 0 Å². The van der Waals surface area contributed by atoms with Crippen LogP contribution in [0.5, 0.6) is 0 Å². The summed E-state index contributed by atoms with van der Waals surface area (Å²) in [6.45, 7) is 0. The molecule has 10 heavy (non-hydrogen) atoms. The summed E-state index contributed by atoms with van der Waals surface area (Å²) in [5.74, 6) is 0. The number of benzene rings is 1. The Labute approximate surface area is 60.8 Å². The van der Waals surface area contributed by atoms with Crippen molar-refractivity contribution in [2.75, 3.05) is 7.11 Å². The number of hydrogen-bond acceptors (Lipinski definition) is 2. The molecule has 0 spiro atoms. The zero-order valence-corrected chi connectivity index (χ0v) is 5.74. The molecule has 0 saturated carbocycles. The van der Waals surface area contributed by atoms with Crippen molar-refractivity contribution in [3.8, 4) is 11.1 Å². The first-order valence-corrected chi connectivity index (χ1v) is 2.97.